The molecule has 26 heavy (non-hydrogen) atoms. The summed E-state index contributed by atoms with van der Waals surface area (Å²) >= 11 is 0. The summed E-state index contributed by atoms with van der Waals surface area (Å²) in [6.07, 6.45) is 2.68. The number of carbonyl (C=O) groups excluding carboxylic acids is 2. The van der Waals surface area contributed by atoms with Gasteiger partial charge in [-0.2, -0.15) is 0 Å². The quantitative estimate of drug-likeness (QED) is 0.862. The van der Waals surface area contributed by atoms with E-state index in [4.69, 9.17) is 4.74 Å². The number of rotatable bonds is 6. The average molecular weight is 353 g/mol. The first kappa shape index (κ1) is 17.9. The number of benzene rings is 1. The molecule has 1 saturated heterocycles. The van der Waals surface area contributed by atoms with Crippen LogP contribution in [0.4, 0.5) is 0 Å². The van der Waals surface area contributed by atoms with E-state index in [1.54, 1.807) is 25.4 Å². The molecule has 0 bridgehead atoms. The minimum Gasteiger partial charge on any atom is -0.497 e. The van der Waals surface area contributed by atoms with Crippen LogP contribution in [0.5, 0.6) is 5.75 Å². The molecule has 6 nitrogen and oxygen atoms in total. The third-order valence-electron chi connectivity index (χ3n) is 4.55. The largest absolute Gasteiger partial charge is 0.497 e. The Morgan fingerprint density at radius 1 is 1.27 bits per heavy atom. The fraction of sp³-hybridized carbons (Fsp3) is 0.350. The van der Waals surface area contributed by atoms with Crippen molar-refractivity contribution in [3.63, 3.8) is 0 Å². The maximum Gasteiger partial charge on any atom is 0.253 e. The van der Waals surface area contributed by atoms with E-state index < -0.39 is 0 Å². The molecule has 1 N–H and O–H groups in total. The predicted octanol–water partition coefficient (Wildman–Crippen LogP) is 1.97. The van der Waals surface area contributed by atoms with Gasteiger partial charge in [-0.15, -0.1) is 0 Å². The van der Waals surface area contributed by atoms with Gasteiger partial charge in [0, 0.05) is 31.4 Å². The highest BCUT2D eigenvalue weighted by atomic mass is 16.5. The molecule has 136 valence electrons. The number of ether oxygens (including phenoxy) is 1. The Bertz CT molecular complexity index is 772. The highest BCUT2D eigenvalue weighted by Crippen LogP contribution is 2.15. The maximum atomic E-state index is 12.3. The smallest absolute Gasteiger partial charge is 0.253 e. The second kappa shape index (κ2) is 7.99. The number of methoxy groups -OCH3 is 1. The van der Waals surface area contributed by atoms with Gasteiger partial charge in [-0.1, -0.05) is 12.1 Å². The molecule has 1 aromatic carbocycles. The molecule has 1 fully saturated rings. The number of likely N-dealkylation sites (tertiary alicyclic amines) is 1. The Labute approximate surface area is 153 Å². The lowest BCUT2D eigenvalue weighted by Gasteiger charge is -2.17. The van der Waals surface area contributed by atoms with Crippen LogP contribution < -0.4 is 10.1 Å². The zero-order valence-electron chi connectivity index (χ0n) is 15.1. The number of aryl methyl sites for hydroxylation is 1. The van der Waals surface area contributed by atoms with Crippen molar-refractivity contribution in [2.24, 2.45) is 0 Å². The Morgan fingerprint density at radius 2 is 2.04 bits per heavy atom. The monoisotopic (exact) mass is 353 g/mol. The zero-order chi connectivity index (χ0) is 18.5. The number of amides is 2. The molecule has 0 saturated carbocycles. The van der Waals surface area contributed by atoms with Crippen LogP contribution in [0.3, 0.4) is 0 Å². The Hall–Kier alpha value is -2.89. The molecule has 0 radical (unpaired) electrons. The Balaban J connectivity index is 1.51. The van der Waals surface area contributed by atoms with Crippen LogP contribution in [0.25, 0.3) is 0 Å². The summed E-state index contributed by atoms with van der Waals surface area (Å²) in [5.41, 5.74) is 2.53. The lowest BCUT2D eigenvalue weighted by molar-refractivity contribution is -0.127. The number of pyridine rings is 1. The molecule has 2 heterocycles. The molecule has 1 aromatic heterocycles. The van der Waals surface area contributed by atoms with Gasteiger partial charge in [0.2, 0.25) is 5.91 Å². The number of nitrogens with zero attached hydrogens (tertiary/aromatic N) is 2. The molecule has 1 unspecified atom stereocenters. The first-order valence-electron chi connectivity index (χ1n) is 8.69. The van der Waals surface area contributed by atoms with Crippen LogP contribution in [-0.4, -0.2) is 47.9 Å². The Morgan fingerprint density at radius 3 is 2.69 bits per heavy atom. The molecule has 1 aliphatic rings. The number of nitrogens with one attached hydrogen (secondary N) is 1. The lowest BCUT2D eigenvalue weighted by Crippen LogP contribution is -2.37. The van der Waals surface area contributed by atoms with Crippen LogP contribution in [0.15, 0.2) is 42.6 Å². The molecule has 0 spiro atoms. The van der Waals surface area contributed by atoms with E-state index in [-0.39, 0.29) is 17.9 Å². The average Bonchev–Trinajstić information content (AvgIpc) is 3.00. The number of carbonyl (C=O) groups is 2. The van der Waals surface area contributed by atoms with E-state index in [0.29, 0.717) is 25.1 Å². The molecule has 2 amide bonds. The molecule has 6 heteroatoms. The number of hydrogen-bond donors (Lipinski definition) is 1. The standard InChI is InChI=1S/C20H23N3O3/c1-14-3-6-16(12-21-14)20(25)22-17-11-19(24)23(13-17)10-9-15-4-7-18(26-2)8-5-15/h3-8,12,17H,9-11,13H2,1-2H3,(H,22,25). The van der Waals surface area contributed by atoms with Crippen molar-refractivity contribution in [1.29, 1.82) is 0 Å². The van der Waals surface area contributed by atoms with Gasteiger partial charge in [0.25, 0.3) is 5.91 Å². The first-order valence-corrected chi connectivity index (χ1v) is 8.69. The summed E-state index contributed by atoms with van der Waals surface area (Å²) in [5, 5.41) is 2.93. The minimum absolute atomic E-state index is 0.0749. The number of hydrogen-bond acceptors (Lipinski definition) is 4. The SMILES string of the molecule is COc1ccc(CCN2CC(NC(=O)c3ccc(C)nc3)CC2=O)cc1. The normalized spacial score (nSPS) is 16.6. The highest BCUT2D eigenvalue weighted by Gasteiger charge is 2.30. The van der Waals surface area contributed by atoms with E-state index in [1.807, 2.05) is 36.1 Å². The van der Waals surface area contributed by atoms with Crippen molar-refractivity contribution >= 4 is 11.8 Å². The summed E-state index contributed by atoms with van der Waals surface area (Å²) < 4.78 is 5.15. The molecule has 0 aliphatic carbocycles. The van der Waals surface area contributed by atoms with E-state index in [1.165, 1.54) is 0 Å². The summed E-state index contributed by atoms with van der Waals surface area (Å²) in [5.74, 6) is 0.706. The Kier molecular flexibility index (Phi) is 5.51. The predicted molar refractivity (Wildman–Crippen MR) is 98.1 cm³/mol. The zero-order valence-corrected chi connectivity index (χ0v) is 15.1. The van der Waals surface area contributed by atoms with Crippen molar-refractivity contribution in [1.82, 2.24) is 15.2 Å². The molecule has 1 aliphatic heterocycles. The van der Waals surface area contributed by atoms with Gasteiger partial charge in [0.1, 0.15) is 5.75 Å². The van der Waals surface area contributed by atoms with Gasteiger partial charge in [0.05, 0.1) is 18.7 Å². The van der Waals surface area contributed by atoms with Gasteiger partial charge in [-0.3, -0.25) is 14.6 Å². The highest BCUT2D eigenvalue weighted by molar-refractivity contribution is 5.94. The molecular weight excluding hydrogens is 330 g/mol. The van der Waals surface area contributed by atoms with Crippen molar-refractivity contribution in [3.8, 4) is 5.75 Å². The molecule has 3 rings (SSSR count). The van der Waals surface area contributed by atoms with Crippen molar-refractivity contribution in [3.05, 3.63) is 59.4 Å². The lowest BCUT2D eigenvalue weighted by atomic mass is 10.1. The van der Waals surface area contributed by atoms with E-state index in [9.17, 15) is 9.59 Å². The summed E-state index contributed by atoms with van der Waals surface area (Å²) in [6, 6.07) is 11.2. The van der Waals surface area contributed by atoms with Crippen molar-refractivity contribution in [2.45, 2.75) is 25.8 Å². The summed E-state index contributed by atoms with van der Waals surface area (Å²) in [6.45, 7) is 3.06. The third kappa shape index (κ3) is 4.39. The van der Waals surface area contributed by atoms with Crippen LogP contribution in [0.1, 0.15) is 28.0 Å². The second-order valence-electron chi connectivity index (χ2n) is 6.50. The minimum atomic E-state index is -0.188. The summed E-state index contributed by atoms with van der Waals surface area (Å²) in [4.78, 5) is 30.4. The van der Waals surface area contributed by atoms with Gasteiger partial charge in [0.15, 0.2) is 0 Å². The van der Waals surface area contributed by atoms with Crippen LogP contribution in [0.2, 0.25) is 0 Å². The van der Waals surface area contributed by atoms with E-state index >= 15 is 0 Å². The molecular formula is C20H23N3O3. The van der Waals surface area contributed by atoms with Crippen molar-refractivity contribution in [2.75, 3.05) is 20.2 Å². The van der Waals surface area contributed by atoms with Gasteiger partial charge >= 0.3 is 0 Å². The van der Waals surface area contributed by atoms with Crippen LogP contribution in [0, 0.1) is 6.92 Å². The third-order valence-corrected chi connectivity index (χ3v) is 4.55. The maximum absolute atomic E-state index is 12.3. The van der Waals surface area contributed by atoms with Crippen molar-refractivity contribution < 1.29 is 14.3 Å². The van der Waals surface area contributed by atoms with Gasteiger partial charge < -0.3 is 15.0 Å². The van der Waals surface area contributed by atoms with E-state index in [0.717, 1.165) is 23.4 Å². The fourth-order valence-corrected chi connectivity index (χ4v) is 3.01. The second-order valence-corrected chi connectivity index (χ2v) is 6.50. The fourth-order valence-electron chi connectivity index (χ4n) is 3.01. The molecule has 1 atom stereocenters. The molecule has 2 aromatic rings. The number of aromatic nitrogens is 1. The summed E-state index contributed by atoms with van der Waals surface area (Å²) in [7, 11) is 1.64. The topological polar surface area (TPSA) is 71.5 Å². The van der Waals surface area contributed by atoms with Crippen LogP contribution >= 0.6 is 0 Å². The first-order chi connectivity index (χ1) is 12.5. The van der Waals surface area contributed by atoms with Gasteiger partial charge in [-0.25, -0.2) is 0 Å². The van der Waals surface area contributed by atoms with Crippen LogP contribution in [-0.2, 0) is 11.2 Å². The van der Waals surface area contributed by atoms with E-state index in [2.05, 4.69) is 10.3 Å². The van der Waals surface area contributed by atoms with Gasteiger partial charge in [-0.05, 0) is 43.2 Å².